The van der Waals surface area contributed by atoms with Crippen molar-refractivity contribution >= 4 is 23.8 Å². The van der Waals surface area contributed by atoms with Crippen LogP contribution in [0.3, 0.4) is 0 Å². The van der Waals surface area contributed by atoms with Crippen molar-refractivity contribution in [1.82, 2.24) is 10.2 Å². The fraction of sp³-hybridized carbons (Fsp3) is 0.636. The number of terminal acetylenes is 1. The number of hydrogen-bond donors (Lipinski definition) is 2. The summed E-state index contributed by atoms with van der Waals surface area (Å²) in [5, 5.41) is 11.6. The van der Waals surface area contributed by atoms with Gasteiger partial charge in [-0.05, 0) is 18.8 Å². The molecule has 0 radical (unpaired) electrons. The van der Waals surface area contributed by atoms with Crippen LogP contribution in [0.1, 0.15) is 12.8 Å². The standard InChI is InChI=1S/C11H14N2O3S/c1-2-5-12-11(16)13-8(10(14)15)6-17-9(13)7-3-4-7/h1,7-9H,3-6H2,(H,12,16)(H,14,15). The molecule has 0 aromatic rings. The summed E-state index contributed by atoms with van der Waals surface area (Å²) in [7, 11) is 0. The van der Waals surface area contributed by atoms with Crippen LogP contribution in [0.15, 0.2) is 0 Å². The normalized spacial score (nSPS) is 27.6. The molecule has 2 amide bonds. The Kier molecular flexibility index (Phi) is 3.48. The van der Waals surface area contributed by atoms with E-state index in [0.29, 0.717) is 11.7 Å². The average molecular weight is 254 g/mol. The first-order valence-electron chi connectivity index (χ1n) is 5.49. The molecule has 1 aliphatic heterocycles. The first-order chi connectivity index (χ1) is 8.15. The van der Waals surface area contributed by atoms with Gasteiger partial charge in [0.2, 0.25) is 0 Å². The van der Waals surface area contributed by atoms with Gasteiger partial charge in [-0.25, -0.2) is 9.59 Å². The smallest absolute Gasteiger partial charge is 0.327 e. The molecule has 0 bridgehead atoms. The molecule has 1 aliphatic carbocycles. The van der Waals surface area contributed by atoms with Gasteiger partial charge in [-0.2, -0.15) is 0 Å². The minimum atomic E-state index is -0.948. The Hall–Kier alpha value is -1.35. The van der Waals surface area contributed by atoms with E-state index in [2.05, 4.69) is 11.2 Å². The van der Waals surface area contributed by atoms with E-state index in [9.17, 15) is 9.59 Å². The van der Waals surface area contributed by atoms with Crippen LogP contribution in [0.4, 0.5) is 4.79 Å². The van der Waals surface area contributed by atoms with Gasteiger partial charge >= 0.3 is 12.0 Å². The zero-order valence-electron chi connectivity index (χ0n) is 9.26. The van der Waals surface area contributed by atoms with E-state index in [0.717, 1.165) is 12.8 Å². The Labute approximate surface area is 104 Å². The maximum Gasteiger partial charge on any atom is 0.327 e. The van der Waals surface area contributed by atoms with E-state index in [1.54, 1.807) is 11.8 Å². The number of amides is 2. The van der Waals surface area contributed by atoms with Crippen molar-refractivity contribution < 1.29 is 14.7 Å². The second-order valence-corrected chi connectivity index (χ2v) is 5.34. The third-order valence-electron chi connectivity index (χ3n) is 2.92. The van der Waals surface area contributed by atoms with Crippen molar-refractivity contribution in [3.05, 3.63) is 0 Å². The lowest BCUT2D eigenvalue weighted by Gasteiger charge is -2.27. The van der Waals surface area contributed by atoms with Gasteiger partial charge in [-0.3, -0.25) is 4.90 Å². The van der Waals surface area contributed by atoms with Crippen molar-refractivity contribution in [3.63, 3.8) is 0 Å². The quantitative estimate of drug-likeness (QED) is 0.722. The SMILES string of the molecule is C#CCNC(=O)N1C(C(=O)O)CSC1C1CC1. The number of carbonyl (C=O) groups excluding carboxylic acids is 1. The summed E-state index contributed by atoms with van der Waals surface area (Å²) in [6, 6.07) is -1.10. The Bertz CT molecular complexity index is 375. The molecule has 0 spiro atoms. The van der Waals surface area contributed by atoms with Crippen LogP contribution in [0.5, 0.6) is 0 Å². The highest BCUT2D eigenvalue weighted by Crippen LogP contribution is 2.45. The van der Waals surface area contributed by atoms with Crippen LogP contribution >= 0.6 is 11.8 Å². The molecule has 6 heteroatoms. The number of urea groups is 1. The van der Waals surface area contributed by atoms with Gasteiger partial charge in [-0.1, -0.05) is 5.92 Å². The summed E-state index contributed by atoms with van der Waals surface area (Å²) in [6.45, 7) is 0.129. The van der Waals surface area contributed by atoms with Crippen molar-refractivity contribution in [2.75, 3.05) is 12.3 Å². The number of rotatable bonds is 3. The van der Waals surface area contributed by atoms with Gasteiger partial charge in [0.05, 0.1) is 11.9 Å². The maximum absolute atomic E-state index is 11.9. The van der Waals surface area contributed by atoms with E-state index in [1.165, 1.54) is 4.90 Å². The molecule has 2 rings (SSSR count). The third-order valence-corrected chi connectivity index (χ3v) is 4.38. The Morgan fingerprint density at radius 3 is 2.76 bits per heavy atom. The van der Waals surface area contributed by atoms with E-state index < -0.39 is 12.0 Å². The minimum Gasteiger partial charge on any atom is -0.480 e. The summed E-state index contributed by atoms with van der Waals surface area (Å²) in [6.07, 6.45) is 7.22. The lowest BCUT2D eigenvalue weighted by atomic mass is 10.2. The number of carboxylic acids is 1. The van der Waals surface area contributed by atoms with Gasteiger partial charge in [0.15, 0.2) is 0 Å². The Morgan fingerprint density at radius 1 is 1.53 bits per heavy atom. The summed E-state index contributed by atoms with van der Waals surface area (Å²) >= 11 is 1.55. The topological polar surface area (TPSA) is 69.6 Å². The first kappa shape index (κ1) is 12.1. The van der Waals surface area contributed by atoms with Gasteiger partial charge in [0.25, 0.3) is 0 Å². The summed E-state index contributed by atoms with van der Waals surface area (Å²) in [5.74, 6) is 2.27. The minimum absolute atomic E-state index is 0.00567. The number of thioether (sulfide) groups is 1. The molecule has 92 valence electrons. The fourth-order valence-corrected chi connectivity index (χ4v) is 3.57. The maximum atomic E-state index is 11.9. The first-order valence-corrected chi connectivity index (χ1v) is 6.54. The molecule has 1 saturated carbocycles. The van der Waals surface area contributed by atoms with Crippen LogP contribution in [-0.4, -0.2) is 45.7 Å². The highest BCUT2D eigenvalue weighted by atomic mass is 32.2. The van der Waals surface area contributed by atoms with E-state index in [4.69, 9.17) is 11.5 Å². The summed E-state index contributed by atoms with van der Waals surface area (Å²) < 4.78 is 0. The highest BCUT2D eigenvalue weighted by Gasteiger charge is 2.47. The van der Waals surface area contributed by atoms with Crippen molar-refractivity contribution in [2.24, 2.45) is 5.92 Å². The van der Waals surface area contributed by atoms with Crippen LogP contribution < -0.4 is 5.32 Å². The van der Waals surface area contributed by atoms with Crippen molar-refractivity contribution in [3.8, 4) is 12.3 Å². The molecule has 1 saturated heterocycles. The lowest BCUT2D eigenvalue weighted by molar-refractivity contribution is -0.141. The molecule has 2 unspecified atom stereocenters. The number of aliphatic carboxylic acids is 1. The highest BCUT2D eigenvalue weighted by molar-refractivity contribution is 8.00. The van der Waals surface area contributed by atoms with Crippen molar-refractivity contribution in [2.45, 2.75) is 24.3 Å². The van der Waals surface area contributed by atoms with Crippen LogP contribution in [0.2, 0.25) is 0 Å². The molecule has 5 nitrogen and oxygen atoms in total. The second-order valence-electron chi connectivity index (χ2n) is 4.19. The predicted octanol–water partition coefficient (Wildman–Crippen LogP) is 0.567. The zero-order valence-corrected chi connectivity index (χ0v) is 10.1. The second kappa shape index (κ2) is 4.88. The predicted molar refractivity (Wildman–Crippen MR) is 64.5 cm³/mol. The molecule has 2 aliphatic rings. The number of carboxylic acid groups (broad SMARTS) is 1. The number of nitrogens with zero attached hydrogens (tertiary/aromatic N) is 1. The Morgan fingerprint density at radius 2 is 2.24 bits per heavy atom. The number of hydrogen-bond acceptors (Lipinski definition) is 3. The third kappa shape index (κ3) is 2.50. The zero-order chi connectivity index (χ0) is 12.4. The van der Waals surface area contributed by atoms with Crippen LogP contribution in [0, 0.1) is 18.3 Å². The van der Waals surface area contributed by atoms with Gasteiger partial charge in [0, 0.05) is 5.75 Å². The van der Waals surface area contributed by atoms with Crippen LogP contribution in [0.25, 0.3) is 0 Å². The van der Waals surface area contributed by atoms with Crippen LogP contribution in [-0.2, 0) is 4.79 Å². The van der Waals surface area contributed by atoms with Gasteiger partial charge in [0.1, 0.15) is 6.04 Å². The van der Waals surface area contributed by atoms with E-state index in [1.807, 2.05) is 0 Å². The van der Waals surface area contributed by atoms with Crippen molar-refractivity contribution in [1.29, 1.82) is 0 Å². The summed E-state index contributed by atoms with van der Waals surface area (Å²) in [5.41, 5.74) is 0. The number of carbonyl (C=O) groups is 2. The molecule has 0 aromatic heterocycles. The molecule has 0 aromatic carbocycles. The molecule has 2 atom stereocenters. The van der Waals surface area contributed by atoms with E-state index >= 15 is 0 Å². The lowest BCUT2D eigenvalue weighted by Crippen LogP contribution is -2.50. The van der Waals surface area contributed by atoms with Gasteiger partial charge < -0.3 is 10.4 Å². The molecule has 17 heavy (non-hydrogen) atoms. The summed E-state index contributed by atoms with van der Waals surface area (Å²) in [4.78, 5) is 24.5. The molecular formula is C11H14N2O3S. The monoisotopic (exact) mass is 254 g/mol. The number of nitrogens with one attached hydrogen (secondary N) is 1. The molecule has 1 heterocycles. The largest absolute Gasteiger partial charge is 0.480 e. The fourth-order valence-electron chi connectivity index (χ4n) is 1.94. The molecular weight excluding hydrogens is 240 g/mol. The Balaban J connectivity index is 2.08. The molecule has 2 N–H and O–H groups in total. The average Bonchev–Trinajstić information content (AvgIpc) is 3.04. The van der Waals surface area contributed by atoms with E-state index in [-0.39, 0.29) is 17.9 Å². The van der Waals surface area contributed by atoms with Gasteiger partial charge in [-0.15, -0.1) is 18.2 Å². The molecule has 2 fully saturated rings.